The number of rotatable bonds is 7. The molecule has 0 radical (unpaired) electrons. The van der Waals surface area contributed by atoms with Crippen LogP contribution in [-0.4, -0.2) is 36.7 Å². The van der Waals surface area contributed by atoms with E-state index in [1.54, 1.807) is 32.9 Å². The quantitative estimate of drug-likeness (QED) is 0.619. The minimum atomic E-state index is -3.65. The number of nitrogens with one attached hydrogen (secondary N) is 1. The number of aryl methyl sites for hydroxylation is 2. The van der Waals surface area contributed by atoms with Gasteiger partial charge in [0.05, 0.1) is 11.3 Å². The summed E-state index contributed by atoms with van der Waals surface area (Å²) in [4.78, 5) is 16.9. The van der Waals surface area contributed by atoms with Gasteiger partial charge < -0.3 is 5.32 Å². The Kier molecular flexibility index (Phi) is 7.67. The van der Waals surface area contributed by atoms with Crippen molar-refractivity contribution in [3.05, 3.63) is 50.8 Å². The highest BCUT2D eigenvalue weighted by Gasteiger charge is 2.24. The molecule has 1 heterocycles. The van der Waals surface area contributed by atoms with Gasteiger partial charge in [-0.3, -0.25) is 4.79 Å². The zero-order chi connectivity index (χ0) is 21.9. The summed E-state index contributed by atoms with van der Waals surface area (Å²) in [6, 6.07) is 4.75. The van der Waals surface area contributed by atoms with Crippen LogP contribution in [0, 0.1) is 20.8 Å². The number of halogens is 2. The summed E-state index contributed by atoms with van der Waals surface area (Å²) in [6.45, 7) is 9.70. The molecule has 0 saturated carbocycles. The number of carbonyl (C=O) groups excluding carboxylic acids is 1. The van der Waals surface area contributed by atoms with Crippen molar-refractivity contribution in [1.82, 2.24) is 9.29 Å². The highest BCUT2D eigenvalue weighted by atomic mass is 35.5. The van der Waals surface area contributed by atoms with Crippen LogP contribution in [0.15, 0.2) is 23.1 Å². The van der Waals surface area contributed by atoms with Crippen molar-refractivity contribution in [3.63, 3.8) is 0 Å². The molecule has 0 aliphatic rings. The third kappa shape index (κ3) is 5.28. The van der Waals surface area contributed by atoms with Crippen LogP contribution in [0.1, 0.15) is 36.2 Å². The Bertz CT molecular complexity index is 1010. The SMILES string of the molecule is CCN(CC)S(=O)(=O)c1cc(C)c(C)c(NC(=O)Cc2c(Cl)cc(C)nc2Cl)c1. The van der Waals surface area contributed by atoms with Crippen molar-refractivity contribution >= 4 is 44.8 Å². The standard InChI is InChI=1S/C20H25Cl2N3O3S/c1-6-25(7-2)29(27,28)15-8-12(3)14(5)18(10-15)24-19(26)11-16-17(21)9-13(4)23-20(16)22/h8-10H,6-7,11H2,1-5H3,(H,24,26). The van der Waals surface area contributed by atoms with E-state index in [2.05, 4.69) is 10.3 Å². The second-order valence-electron chi connectivity index (χ2n) is 6.74. The van der Waals surface area contributed by atoms with E-state index in [0.29, 0.717) is 35.1 Å². The van der Waals surface area contributed by atoms with Crippen molar-refractivity contribution in [3.8, 4) is 0 Å². The van der Waals surface area contributed by atoms with Gasteiger partial charge in [0, 0.05) is 35.1 Å². The number of hydrogen-bond acceptors (Lipinski definition) is 4. The molecule has 0 aliphatic carbocycles. The molecule has 1 aromatic carbocycles. The molecule has 9 heteroatoms. The number of benzene rings is 1. The second-order valence-corrected chi connectivity index (χ2v) is 9.44. The summed E-state index contributed by atoms with van der Waals surface area (Å²) >= 11 is 12.3. The molecule has 0 bridgehead atoms. The van der Waals surface area contributed by atoms with E-state index in [9.17, 15) is 13.2 Å². The fraction of sp³-hybridized carbons (Fsp3) is 0.400. The van der Waals surface area contributed by atoms with Gasteiger partial charge in [0.1, 0.15) is 5.15 Å². The highest BCUT2D eigenvalue weighted by molar-refractivity contribution is 7.89. The topological polar surface area (TPSA) is 79.4 Å². The van der Waals surface area contributed by atoms with Gasteiger partial charge in [0.25, 0.3) is 0 Å². The number of hydrogen-bond donors (Lipinski definition) is 1. The van der Waals surface area contributed by atoms with Gasteiger partial charge in [-0.05, 0) is 50.1 Å². The Hall–Kier alpha value is -1.67. The van der Waals surface area contributed by atoms with Crippen molar-refractivity contribution in [2.24, 2.45) is 0 Å². The van der Waals surface area contributed by atoms with E-state index >= 15 is 0 Å². The molecule has 2 rings (SSSR count). The molecule has 0 fully saturated rings. The van der Waals surface area contributed by atoms with Gasteiger partial charge in [-0.25, -0.2) is 13.4 Å². The average Bonchev–Trinajstić information content (AvgIpc) is 2.62. The van der Waals surface area contributed by atoms with Crippen LogP contribution < -0.4 is 5.32 Å². The predicted molar refractivity (Wildman–Crippen MR) is 117 cm³/mol. The number of sulfonamides is 1. The largest absolute Gasteiger partial charge is 0.326 e. The van der Waals surface area contributed by atoms with Gasteiger partial charge >= 0.3 is 0 Å². The molecule has 1 aromatic heterocycles. The van der Waals surface area contributed by atoms with Crippen molar-refractivity contribution in [2.45, 2.75) is 45.9 Å². The van der Waals surface area contributed by atoms with Gasteiger partial charge in [-0.15, -0.1) is 0 Å². The Labute approximate surface area is 182 Å². The second kappa shape index (κ2) is 9.43. The van der Waals surface area contributed by atoms with Gasteiger partial charge in [0.2, 0.25) is 15.9 Å². The molecule has 1 amide bonds. The number of anilines is 1. The van der Waals surface area contributed by atoms with E-state index < -0.39 is 10.0 Å². The first-order valence-corrected chi connectivity index (χ1v) is 11.4. The van der Waals surface area contributed by atoms with Crippen LogP contribution in [0.2, 0.25) is 10.2 Å². The lowest BCUT2D eigenvalue weighted by molar-refractivity contribution is -0.115. The Morgan fingerprint density at radius 2 is 1.72 bits per heavy atom. The van der Waals surface area contributed by atoms with Crippen LogP contribution in [0.4, 0.5) is 5.69 Å². The first-order chi connectivity index (χ1) is 13.5. The summed E-state index contributed by atoms with van der Waals surface area (Å²) < 4.78 is 27.1. The number of carbonyl (C=O) groups is 1. The third-order valence-electron chi connectivity index (χ3n) is 4.74. The van der Waals surface area contributed by atoms with E-state index in [1.807, 2.05) is 13.8 Å². The normalized spacial score (nSPS) is 11.7. The third-order valence-corrected chi connectivity index (χ3v) is 7.42. The summed E-state index contributed by atoms with van der Waals surface area (Å²) in [5.41, 5.74) is 3.08. The van der Waals surface area contributed by atoms with Crippen molar-refractivity contribution in [1.29, 1.82) is 0 Å². The predicted octanol–water partition coefficient (Wildman–Crippen LogP) is 4.53. The molecular formula is C20H25Cl2N3O3S. The molecule has 0 aliphatic heterocycles. The monoisotopic (exact) mass is 457 g/mol. The first kappa shape index (κ1) is 23.6. The maximum Gasteiger partial charge on any atom is 0.243 e. The maximum absolute atomic E-state index is 12.9. The first-order valence-electron chi connectivity index (χ1n) is 9.24. The molecule has 0 saturated heterocycles. The van der Waals surface area contributed by atoms with E-state index in [1.165, 1.54) is 10.4 Å². The number of pyridine rings is 1. The summed E-state index contributed by atoms with van der Waals surface area (Å²) in [5.74, 6) is -0.362. The van der Waals surface area contributed by atoms with Crippen LogP contribution in [-0.2, 0) is 21.2 Å². The fourth-order valence-electron chi connectivity index (χ4n) is 2.95. The van der Waals surface area contributed by atoms with Crippen molar-refractivity contribution in [2.75, 3.05) is 18.4 Å². The zero-order valence-corrected chi connectivity index (χ0v) is 19.5. The average molecular weight is 458 g/mol. The van der Waals surface area contributed by atoms with E-state index in [0.717, 1.165) is 11.1 Å². The molecule has 1 N–H and O–H groups in total. The van der Waals surface area contributed by atoms with Crippen molar-refractivity contribution < 1.29 is 13.2 Å². The van der Waals surface area contributed by atoms with Gasteiger partial charge in [-0.2, -0.15) is 4.31 Å². The van der Waals surface area contributed by atoms with Crippen LogP contribution in [0.5, 0.6) is 0 Å². The van der Waals surface area contributed by atoms with Gasteiger partial charge in [-0.1, -0.05) is 37.0 Å². The fourth-order valence-corrected chi connectivity index (χ4v) is 5.19. The summed E-state index contributed by atoms with van der Waals surface area (Å²) in [5, 5.41) is 3.33. The molecule has 0 spiro atoms. The molecule has 0 atom stereocenters. The molecule has 2 aromatic rings. The van der Waals surface area contributed by atoms with E-state index in [-0.39, 0.29) is 22.4 Å². The smallest absolute Gasteiger partial charge is 0.243 e. The number of aromatic nitrogens is 1. The maximum atomic E-state index is 12.9. The minimum absolute atomic E-state index is 0.0730. The summed E-state index contributed by atoms with van der Waals surface area (Å²) in [7, 11) is -3.65. The summed E-state index contributed by atoms with van der Waals surface area (Å²) in [6.07, 6.45) is -0.0730. The number of amides is 1. The molecule has 6 nitrogen and oxygen atoms in total. The van der Waals surface area contributed by atoms with Crippen LogP contribution >= 0.6 is 23.2 Å². The Morgan fingerprint density at radius 1 is 1.10 bits per heavy atom. The Morgan fingerprint density at radius 3 is 2.28 bits per heavy atom. The lowest BCUT2D eigenvalue weighted by Gasteiger charge is -2.20. The molecular weight excluding hydrogens is 433 g/mol. The zero-order valence-electron chi connectivity index (χ0n) is 17.1. The highest BCUT2D eigenvalue weighted by Crippen LogP contribution is 2.28. The minimum Gasteiger partial charge on any atom is -0.326 e. The van der Waals surface area contributed by atoms with Crippen LogP contribution in [0.3, 0.4) is 0 Å². The number of nitrogens with zero attached hydrogens (tertiary/aromatic N) is 2. The molecule has 158 valence electrons. The molecule has 29 heavy (non-hydrogen) atoms. The molecule has 0 unspecified atom stereocenters. The van der Waals surface area contributed by atoms with Gasteiger partial charge in [0.15, 0.2) is 0 Å². The van der Waals surface area contributed by atoms with Crippen LogP contribution in [0.25, 0.3) is 0 Å². The van der Waals surface area contributed by atoms with E-state index in [4.69, 9.17) is 23.2 Å². The Balaban J connectivity index is 2.36. The lowest BCUT2D eigenvalue weighted by atomic mass is 10.1. The lowest BCUT2D eigenvalue weighted by Crippen LogP contribution is -2.30.